The number of benzene rings is 1. The highest BCUT2D eigenvalue weighted by molar-refractivity contribution is 6.31. The van der Waals surface area contributed by atoms with E-state index in [0.717, 1.165) is 36.1 Å². The van der Waals surface area contributed by atoms with Crippen molar-refractivity contribution in [2.75, 3.05) is 25.1 Å². The number of anilines is 1. The number of nitrogens with zero attached hydrogens (tertiary/aromatic N) is 5. The maximum Gasteiger partial charge on any atom is 0.231 e. The Labute approximate surface area is 167 Å². The molecule has 1 fully saturated rings. The molecule has 2 atom stereocenters. The number of methoxy groups -OCH3 is 1. The van der Waals surface area contributed by atoms with Gasteiger partial charge < -0.3 is 9.64 Å². The van der Waals surface area contributed by atoms with Gasteiger partial charge in [0, 0.05) is 30.1 Å². The molecule has 1 aliphatic heterocycles. The zero-order chi connectivity index (χ0) is 19.8. The van der Waals surface area contributed by atoms with Crippen LogP contribution in [0.1, 0.15) is 24.2 Å². The molecule has 0 bridgehead atoms. The molecular formula is C20H21ClFN5O. The topological polar surface area (TPSA) is 56.1 Å². The Morgan fingerprint density at radius 2 is 2.00 bits per heavy atom. The highest BCUT2D eigenvalue weighted by Crippen LogP contribution is 2.38. The largest absolute Gasteiger partial charge is 0.481 e. The number of hydrogen-bond acceptors (Lipinski definition) is 5. The van der Waals surface area contributed by atoms with E-state index in [0.29, 0.717) is 16.8 Å². The maximum absolute atomic E-state index is 13.4. The van der Waals surface area contributed by atoms with Crippen LogP contribution in [-0.4, -0.2) is 39.9 Å². The fraction of sp³-hybridized carbons (Fsp3) is 0.350. The zero-order valence-corrected chi connectivity index (χ0v) is 16.7. The molecule has 0 spiro atoms. The van der Waals surface area contributed by atoms with E-state index in [2.05, 4.69) is 27.0 Å². The number of hydrogen-bond donors (Lipinski definition) is 0. The van der Waals surface area contributed by atoms with Crippen LogP contribution in [0.15, 0.2) is 36.5 Å². The molecular weight excluding hydrogens is 381 g/mol. The third kappa shape index (κ3) is 3.30. The van der Waals surface area contributed by atoms with Crippen molar-refractivity contribution in [3.8, 4) is 11.6 Å². The predicted molar refractivity (Wildman–Crippen MR) is 106 cm³/mol. The fourth-order valence-electron chi connectivity index (χ4n) is 3.82. The number of aryl methyl sites for hydroxylation is 1. The third-order valence-corrected chi connectivity index (χ3v) is 5.58. The second-order valence-corrected chi connectivity index (χ2v) is 7.50. The van der Waals surface area contributed by atoms with E-state index in [4.69, 9.17) is 16.3 Å². The van der Waals surface area contributed by atoms with Crippen LogP contribution in [0.2, 0.25) is 5.02 Å². The number of rotatable bonds is 4. The van der Waals surface area contributed by atoms with Gasteiger partial charge in [-0.2, -0.15) is 0 Å². The lowest BCUT2D eigenvalue weighted by molar-refractivity contribution is 0.398. The second-order valence-electron chi connectivity index (χ2n) is 7.10. The van der Waals surface area contributed by atoms with E-state index in [1.54, 1.807) is 19.4 Å². The standard InChI is InChI=1S/C20H21ClFN5O/c1-12-10-26(11-17(12)16-6-4-14(22)8-18(16)21)20-25-24-13(2)27(20)15-5-7-19(28-3)23-9-15/h4-9,12,17H,10-11H2,1-3H3/t12-,17-/m0/s1. The molecule has 0 amide bonds. The number of pyridine rings is 1. The monoisotopic (exact) mass is 401 g/mol. The Morgan fingerprint density at radius 1 is 1.18 bits per heavy atom. The van der Waals surface area contributed by atoms with Crippen molar-refractivity contribution in [2.24, 2.45) is 5.92 Å². The lowest BCUT2D eigenvalue weighted by Crippen LogP contribution is -2.23. The average molecular weight is 402 g/mol. The first-order valence-corrected chi connectivity index (χ1v) is 9.48. The Hall–Kier alpha value is -2.67. The summed E-state index contributed by atoms with van der Waals surface area (Å²) in [5.74, 6) is 2.29. The van der Waals surface area contributed by atoms with E-state index in [1.807, 2.05) is 23.6 Å². The maximum atomic E-state index is 13.4. The van der Waals surface area contributed by atoms with Gasteiger partial charge in [0.05, 0.1) is 19.0 Å². The summed E-state index contributed by atoms with van der Waals surface area (Å²) < 4.78 is 20.6. The second kappa shape index (κ2) is 7.39. The molecule has 28 heavy (non-hydrogen) atoms. The molecule has 2 aromatic heterocycles. The fourth-order valence-corrected chi connectivity index (χ4v) is 4.13. The van der Waals surface area contributed by atoms with Crippen LogP contribution in [0, 0.1) is 18.7 Å². The minimum absolute atomic E-state index is 0.188. The van der Waals surface area contributed by atoms with Crippen LogP contribution in [0.4, 0.5) is 10.3 Å². The van der Waals surface area contributed by atoms with E-state index in [1.165, 1.54) is 12.1 Å². The summed E-state index contributed by atoms with van der Waals surface area (Å²) in [6.07, 6.45) is 1.74. The molecule has 4 rings (SSSR count). The van der Waals surface area contributed by atoms with E-state index in [-0.39, 0.29) is 11.7 Å². The van der Waals surface area contributed by atoms with Gasteiger partial charge in [-0.1, -0.05) is 24.6 Å². The van der Waals surface area contributed by atoms with Gasteiger partial charge in [0.15, 0.2) is 0 Å². The minimum atomic E-state index is -0.321. The van der Waals surface area contributed by atoms with Crippen molar-refractivity contribution in [2.45, 2.75) is 19.8 Å². The molecule has 1 aliphatic rings. The summed E-state index contributed by atoms with van der Waals surface area (Å²) >= 11 is 6.32. The summed E-state index contributed by atoms with van der Waals surface area (Å²) in [5.41, 5.74) is 1.83. The van der Waals surface area contributed by atoms with Gasteiger partial charge in [-0.3, -0.25) is 4.57 Å². The number of ether oxygens (including phenoxy) is 1. The van der Waals surface area contributed by atoms with E-state index < -0.39 is 0 Å². The molecule has 0 saturated carbocycles. The van der Waals surface area contributed by atoms with Gasteiger partial charge in [0.25, 0.3) is 0 Å². The van der Waals surface area contributed by atoms with Gasteiger partial charge in [0.2, 0.25) is 11.8 Å². The molecule has 0 aliphatic carbocycles. The minimum Gasteiger partial charge on any atom is -0.481 e. The quantitative estimate of drug-likeness (QED) is 0.661. The average Bonchev–Trinajstić information content (AvgIpc) is 3.25. The molecule has 1 aromatic carbocycles. The van der Waals surface area contributed by atoms with Gasteiger partial charge >= 0.3 is 0 Å². The lowest BCUT2D eigenvalue weighted by atomic mass is 9.90. The summed E-state index contributed by atoms with van der Waals surface area (Å²) in [7, 11) is 1.59. The Balaban J connectivity index is 1.65. The van der Waals surface area contributed by atoms with E-state index >= 15 is 0 Å². The first kappa shape index (κ1) is 18.7. The zero-order valence-electron chi connectivity index (χ0n) is 15.9. The summed E-state index contributed by atoms with van der Waals surface area (Å²) in [4.78, 5) is 6.48. The molecule has 8 heteroatoms. The first-order valence-electron chi connectivity index (χ1n) is 9.10. The van der Waals surface area contributed by atoms with Gasteiger partial charge in [-0.15, -0.1) is 10.2 Å². The van der Waals surface area contributed by atoms with Crippen molar-refractivity contribution >= 4 is 17.5 Å². The van der Waals surface area contributed by atoms with Crippen molar-refractivity contribution in [3.05, 3.63) is 58.8 Å². The number of aromatic nitrogens is 4. The molecule has 146 valence electrons. The number of halogens is 2. The third-order valence-electron chi connectivity index (χ3n) is 5.25. The summed E-state index contributed by atoms with van der Waals surface area (Å²) in [6, 6.07) is 8.37. The van der Waals surface area contributed by atoms with Crippen LogP contribution < -0.4 is 9.64 Å². The summed E-state index contributed by atoms with van der Waals surface area (Å²) in [5, 5.41) is 9.14. The van der Waals surface area contributed by atoms with Crippen LogP contribution >= 0.6 is 11.6 Å². The normalized spacial score (nSPS) is 19.2. The molecule has 0 unspecified atom stereocenters. The molecule has 0 radical (unpaired) electrons. The smallest absolute Gasteiger partial charge is 0.231 e. The highest BCUT2D eigenvalue weighted by atomic mass is 35.5. The Kier molecular flexibility index (Phi) is 4.93. The van der Waals surface area contributed by atoms with Crippen molar-refractivity contribution in [1.82, 2.24) is 19.7 Å². The van der Waals surface area contributed by atoms with Crippen LogP contribution in [0.25, 0.3) is 5.69 Å². The van der Waals surface area contributed by atoms with Crippen LogP contribution in [0.3, 0.4) is 0 Å². The molecule has 1 saturated heterocycles. The van der Waals surface area contributed by atoms with Gasteiger partial charge in [-0.25, -0.2) is 9.37 Å². The van der Waals surface area contributed by atoms with Crippen LogP contribution in [0.5, 0.6) is 5.88 Å². The highest BCUT2D eigenvalue weighted by Gasteiger charge is 2.34. The predicted octanol–water partition coefficient (Wildman–Crippen LogP) is 4.01. The van der Waals surface area contributed by atoms with Crippen molar-refractivity contribution < 1.29 is 9.13 Å². The summed E-state index contributed by atoms with van der Waals surface area (Å²) in [6.45, 7) is 5.62. The van der Waals surface area contributed by atoms with Crippen molar-refractivity contribution in [3.63, 3.8) is 0 Å². The lowest BCUT2D eigenvalue weighted by Gasteiger charge is -2.19. The van der Waals surface area contributed by atoms with E-state index in [9.17, 15) is 4.39 Å². The Bertz CT molecular complexity index is 991. The first-order chi connectivity index (χ1) is 13.5. The van der Waals surface area contributed by atoms with Gasteiger partial charge in [-0.05, 0) is 36.6 Å². The molecule has 0 N–H and O–H groups in total. The Morgan fingerprint density at radius 3 is 2.68 bits per heavy atom. The van der Waals surface area contributed by atoms with Crippen LogP contribution in [-0.2, 0) is 0 Å². The molecule has 3 aromatic rings. The van der Waals surface area contributed by atoms with Gasteiger partial charge in [0.1, 0.15) is 11.6 Å². The van der Waals surface area contributed by atoms with Crippen molar-refractivity contribution in [1.29, 1.82) is 0 Å². The molecule has 6 nitrogen and oxygen atoms in total. The SMILES string of the molecule is COc1ccc(-n2c(C)nnc2N2C[C@H](c3ccc(F)cc3Cl)[C@@H](C)C2)cn1. The molecule has 3 heterocycles.